The Morgan fingerprint density at radius 1 is 1.32 bits per heavy atom. The molecule has 0 bridgehead atoms. The lowest BCUT2D eigenvalue weighted by Crippen LogP contribution is -2.51. The number of nitrogens with zero attached hydrogens (tertiary/aromatic N) is 4. The van der Waals surface area contributed by atoms with E-state index in [1.165, 1.54) is 18.0 Å². The van der Waals surface area contributed by atoms with Crippen molar-refractivity contribution in [2.75, 3.05) is 39.0 Å². The lowest BCUT2D eigenvalue weighted by Gasteiger charge is -2.33. The number of rotatable bonds is 2. The van der Waals surface area contributed by atoms with Crippen LogP contribution < -0.4 is 5.73 Å². The Bertz CT molecular complexity index is 465. The molecule has 2 N–H and O–H groups in total. The first-order valence-electron chi connectivity index (χ1n) is 5.98. The number of amides is 2. The van der Waals surface area contributed by atoms with E-state index in [1.807, 2.05) is 0 Å². The molecule has 0 unspecified atom stereocenters. The number of hydrogen-bond acceptors (Lipinski definition) is 5. The second-order valence-electron chi connectivity index (χ2n) is 4.31. The Morgan fingerprint density at radius 3 is 2.47 bits per heavy atom. The molecule has 0 atom stereocenters. The van der Waals surface area contributed by atoms with Gasteiger partial charge in [0, 0.05) is 32.4 Å². The standard InChI is InChI=1S/C11H17N5O3/c1-19-11(18)15-4-2-14(3-5-15)10(17)8-16-7-9(12)6-13-16/h6-7H,2-5,8,12H2,1H3. The Morgan fingerprint density at radius 2 is 1.95 bits per heavy atom. The lowest BCUT2D eigenvalue weighted by molar-refractivity contribution is -0.133. The van der Waals surface area contributed by atoms with Gasteiger partial charge in [0.25, 0.3) is 0 Å². The molecule has 2 rings (SSSR count). The molecular weight excluding hydrogens is 250 g/mol. The lowest BCUT2D eigenvalue weighted by atomic mass is 10.3. The van der Waals surface area contributed by atoms with Crippen LogP contribution in [0.3, 0.4) is 0 Å². The molecule has 1 aliphatic rings. The molecule has 0 saturated carbocycles. The van der Waals surface area contributed by atoms with Gasteiger partial charge in [-0.3, -0.25) is 9.48 Å². The largest absolute Gasteiger partial charge is 0.453 e. The number of carbonyl (C=O) groups is 2. The molecule has 1 fully saturated rings. The van der Waals surface area contributed by atoms with E-state index in [1.54, 1.807) is 16.0 Å². The average molecular weight is 267 g/mol. The summed E-state index contributed by atoms with van der Waals surface area (Å²) in [6.07, 6.45) is 2.76. The summed E-state index contributed by atoms with van der Waals surface area (Å²) < 4.78 is 6.14. The summed E-state index contributed by atoms with van der Waals surface area (Å²) in [7, 11) is 1.35. The van der Waals surface area contributed by atoms with Crippen molar-refractivity contribution in [3.8, 4) is 0 Å². The predicted molar refractivity (Wildman–Crippen MR) is 67.2 cm³/mol. The van der Waals surface area contributed by atoms with Crippen LogP contribution in [0, 0.1) is 0 Å². The van der Waals surface area contributed by atoms with Crippen LogP contribution in [0.4, 0.5) is 10.5 Å². The highest BCUT2D eigenvalue weighted by atomic mass is 16.5. The van der Waals surface area contributed by atoms with E-state index in [2.05, 4.69) is 9.84 Å². The SMILES string of the molecule is COC(=O)N1CCN(C(=O)Cn2cc(N)cn2)CC1. The maximum absolute atomic E-state index is 12.0. The van der Waals surface area contributed by atoms with E-state index in [0.29, 0.717) is 31.9 Å². The molecule has 8 nitrogen and oxygen atoms in total. The van der Waals surface area contributed by atoms with Crippen LogP contribution in [0.1, 0.15) is 0 Å². The fraction of sp³-hybridized carbons (Fsp3) is 0.545. The van der Waals surface area contributed by atoms with E-state index >= 15 is 0 Å². The van der Waals surface area contributed by atoms with Crippen molar-refractivity contribution in [1.29, 1.82) is 0 Å². The molecule has 0 radical (unpaired) electrons. The summed E-state index contributed by atoms with van der Waals surface area (Å²) in [5.74, 6) is -0.0346. The highest BCUT2D eigenvalue weighted by Crippen LogP contribution is 2.05. The zero-order chi connectivity index (χ0) is 13.8. The monoisotopic (exact) mass is 267 g/mol. The summed E-state index contributed by atoms with van der Waals surface area (Å²) in [5.41, 5.74) is 6.06. The van der Waals surface area contributed by atoms with E-state index < -0.39 is 0 Å². The van der Waals surface area contributed by atoms with Crippen LogP contribution >= 0.6 is 0 Å². The fourth-order valence-corrected chi connectivity index (χ4v) is 1.97. The van der Waals surface area contributed by atoms with Crippen molar-refractivity contribution in [2.24, 2.45) is 0 Å². The number of nitrogen functional groups attached to an aromatic ring is 1. The highest BCUT2D eigenvalue weighted by Gasteiger charge is 2.24. The quantitative estimate of drug-likeness (QED) is 0.770. The van der Waals surface area contributed by atoms with Gasteiger partial charge in [0.05, 0.1) is 19.0 Å². The van der Waals surface area contributed by atoms with Crippen molar-refractivity contribution < 1.29 is 14.3 Å². The van der Waals surface area contributed by atoms with Gasteiger partial charge in [-0.25, -0.2) is 4.79 Å². The van der Waals surface area contributed by atoms with Gasteiger partial charge in [0.15, 0.2) is 0 Å². The van der Waals surface area contributed by atoms with Crippen LogP contribution in [0.2, 0.25) is 0 Å². The topological polar surface area (TPSA) is 93.7 Å². The van der Waals surface area contributed by atoms with E-state index in [0.717, 1.165) is 0 Å². The third kappa shape index (κ3) is 3.15. The van der Waals surface area contributed by atoms with Gasteiger partial charge in [-0.2, -0.15) is 5.10 Å². The number of piperazine rings is 1. The first-order chi connectivity index (χ1) is 9.10. The molecule has 0 spiro atoms. The maximum Gasteiger partial charge on any atom is 0.409 e. The first-order valence-corrected chi connectivity index (χ1v) is 5.98. The number of methoxy groups -OCH3 is 1. The summed E-state index contributed by atoms with van der Waals surface area (Å²) >= 11 is 0. The van der Waals surface area contributed by atoms with Crippen molar-refractivity contribution >= 4 is 17.7 Å². The van der Waals surface area contributed by atoms with Crippen LogP contribution in [0.25, 0.3) is 0 Å². The molecule has 104 valence electrons. The Balaban J connectivity index is 1.84. The number of aromatic nitrogens is 2. The molecular formula is C11H17N5O3. The zero-order valence-electron chi connectivity index (χ0n) is 10.8. The molecule has 0 aliphatic carbocycles. The minimum Gasteiger partial charge on any atom is -0.453 e. The maximum atomic E-state index is 12.0. The van der Waals surface area contributed by atoms with Crippen molar-refractivity contribution in [2.45, 2.75) is 6.54 Å². The van der Waals surface area contributed by atoms with Gasteiger partial charge in [-0.1, -0.05) is 0 Å². The van der Waals surface area contributed by atoms with E-state index in [4.69, 9.17) is 5.73 Å². The molecule has 8 heteroatoms. The first kappa shape index (κ1) is 13.2. The van der Waals surface area contributed by atoms with E-state index in [9.17, 15) is 9.59 Å². The Labute approximate surface area is 110 Å². The third-order valence-corrected chi connectivity index (χ3v) is 3.02. The molecule has 1 saturated heterocycles. The predicted octanol–water partition coefficient (Wildman–Crippen LogP) is -0.624. The van der Waals surface area contributed by atoms with Crippen LogP contribution in [-0.2, 0) is 16.1 Å². The van der Waals surface area contributed by atoms with Gasteiger partial charge in [0.1, 0.15) is 6.54 Å². The molecule has 0 aromatic carbocycles. The molecule has 2 heterocycles. The smallest absolute Gasteiger partial charge is 0.409 e. The number of nitrogens with two attached hydrogens (primary N) is 1. The third-order valence-electron chi connectivity index (χ3n) is 3.02. The van der Waals surface area contributed by atoms with Gasteiger partial charge in [-0.05, 0) is 0 Å². The molecule has 2 amide bonds. The van der Waals surface area contributed by atoms with Crippen LogP contribution in [0.15, 0.2) is 12.4 Å². The molecule has 1 aromatic heterocycles. The number of carbonyl (C=O) groups excluding carboxylic acids is 2. The second kappa shape index (κ2) is 5.59. The summed E-state index contributed by atoms with van der Waals surface area (Å²) in [5, 5.41) is 3.97. The highest BCUT2D eigenvalue weighted by molar-refractivity contribution is 5.76. The normalized spacial score (nSPS) is 15.4. The van der Waals surface area contributed by atoms with Crippen molar-refractivity contribution in [3.63, 3.8) is 0 Å². The summed E-state index contributed by atoms with van der Waals surface area (Å²) in [6, 6.07) is 0. The minimum atomic E-state index is -0.355. The number of ether oxygens (including phenoxy) is 1. The van der Waals surface area contributed by atoms with Gasteiger partial charge < -0.3 is 20.3 Å². The van der Waals surface area contributed by atoms with Crippen molar-refractivity contribution in [1.82, 2.24) is 19.6 Å². The van der Waals surface area contributed by atoms with E-state index in [-0.39, 0.29) is 18.5 Å². The van der Waals surface area contributed by atoms with Gasteiger partial charge in [-0.15, -0.1) is 0 Å². The summed E-state index contributed by atoms with van der Waals surface area (Å²) in [4.78, 5) is 26.6. The summed E-state index contributed by atoms with van der Waals surface area (Å²) in [6.45, 7) is 2.14. The number of anilines is 1. The second-order valence-corrected chi connectivity index (χ2v) is 4.31. The minimum absolute atomic E-state index is 0.0346. The number of hydrogen-bond donors (Lipinski definition) is 1. The van der Waals surface area contributed by atoms with Gasteiger partial charge in [0.2, 0.25) is 5.91 Å². The average Bonchev–Trinajstić information content (AvgIpc) is 2.83. The van der Waals surface area contributed by atoms with Crippen LogP contribution in [-0.4, -0.2) is 64.9 Å². The van der Waals surface area contributed by atoms with Gasteiger partial charge >= 0.3 is 6.09 Å². The molecule has 1 aromatic rings. The zero-order valence-corrected chi connectivity index (χ0v) is 10.8. The fourth-order valence-electron chi connectivity index (χ4n) is 1.97. The molecule has 1 aliphatic heterocycles. The molecule has 19 heavy (non-hydrogen) atoms. The van der Waals surface area contributed by atoms with Crippen molar-refractivity contribution in [3.05, 3.63) is 12.4 Å². The Kier molecular flexibility index (Phi) is 3.88. The van der Waals surface area contributed by atoms with Crippen LogP contribution in [0.5, 0.6) is 0 Å². The Hall–Kier alpha value is -2.25.